The molecule has 0 saturated carbocycles. The van der Waals surface area contributed by atoms with Crippen molar-refractivity contribution < 1.29 is 9.90 Å². The van der Waals surface area contributed by atoms with Crippen molar-refractivity contribution in [2.75, 3.05) is 13.2 Å². The van der Waals surface area contributed by atoms with Gasteiger partial charge in [0.1, 0.15) is 5.15 Å². The zero-order chi connectivity index (χ0) is 14.3. The van der Waals surface area contributed by atoms with Crippen LogP contribution in [0.2, 0.25) is 5.15 Å². The van der Waals surface area contributed by atoms with E-state index in [1.165, 1.54) is 0 Å². The minimum absolute atomic E-state index is 0.0120. The molecule has 1 saturated heterocycles. The van der Waals surface area contributed by atoms with Gasteiger partial charge in [0.15, 0.2) is 0 Å². The van der Waals surface area contributed by atoms with Crippen molar-refractivity contribution in [1.29, 1.82) is 0 Å². The topological polar surface area (TPSA) is 80.0 Å². The van der Waals surface area contributed by atoms with Crippen molar-refractivity contribution in [3.63, 3.8) is 0 Å². The first-order valence-electron chi connectivity index (χ1n) is 6.46. The third-order valence-corrected chi connectivity index (χ3v) is 3.94. The maximum Gasteiger partial charge on any atom is 0.220 e. The summed E-state index contributed by atoms with van der Waals surface area (Å²) in [5.74, 6) is -0.181. The molecule has 1 amide bonds. The fourth-order valence-corrected chi connectivity index (χ4v) is 2.98. The molecule has 20 heavy (non-hydrogen) atoms. The number of rotatable bonds is 3. The fraction of sp³-hybridized carbons (Fsp3) is 0.462. The van der Waals surface area contributed by atoms with Crippen molar-refractivity contribution in [3.8, 4) is 0 Å². The number of pyridine rings is 1. The molecule has 0 bridgehead atoms. The molecule has 2 aromatic rings. The van der Waals surface area contributed by atoms with Gasteiger partial charge in [-0.05, 0) is 5.92 Å². The van der Waals surface area contributed by atoms with Gasteiger partial charge in [0.2, 0.25) is 5.91 Å². The van der Waals surface area contributed by atoms with Gasteiger partial charge < -0.3 is 10.4 Å². The number of aliphatic hydroxyl groups is 1. The number of nitrogens with zero attached hydrogens (tertiary/aromatic N) is 3. The molecule has 0 unspecified atom stereocenters. The summed E-state index contributed by atoms with van der Waals surface area (Å²) in [6.07, 6.45) is 2.27. The standard InChI is InChI=1S/C13H15ClN4O2/c1-18-5-8-10(17-18)3-11(14)16-13(8)9(6-19)7-2-12(20)15-4-7/h3,5,7,9,19H,2,4,6H2,1H3,(H,15,20)/t7-,9+/m0/s1. The van der Waals surface area contributed by atoms with Crippen LogP contribution in [0.25, 0.3) is 10.9 Å². The highest BCUT2D eigenvalue weighted by molar-refractivity contribution is 6.30. The Balaban J connectivity index is 2.08. The minimum Gasteiger partial charge on any atom is -0.396 e. The van der Waals surface area contributed by atoms with Crippen molar-refractivity contribution in [2.24, 2.45) is 13.0 Å². The summed E-state index contributed by atoms with van der Waals surface area (Å²) in [7, 11) is 1.83. The van der Waals surface area contributed by atoms with Crippen molar-refractivity contribution >= 4 is 28.4 Å². The summed E-state index contributed by atoms with van der Waals surface area (Å²) in [5.41, 5.74) is 1.46. The van der Waals surface area contributed by atoms with E-state index in [0.29, 0.717) is 23.8 Å². The van der Waals surface area contributed by atoms with Crippen LogP contribution in [0.4, 0.5) is 0 Å². The quantitative estimate of drug-likeness (QED) is 0.822. The van der Waals surface area contributed by atoms with Crippen molar-refractivity contribution in [2.45, 2.75) is 12.3 Å². The molecule has 106 valence electrons. The first-order valence-corrected chi connectivity index (χ1v) is 6.83. The van der Waals surface area contributed by atoms with E-state index in [1.54, 1.807) is 10.7 Å². The number of amides is 1. The zero-order valence-electron chi connectivity index (χ0n) is 11.0. The molecule has 3 rings (SSSR count). The molecular weight excluding hydrogens is 280 g/mol. The van der Waals surface area contributed by atoms with E-state index in [-0.39, 0.29) is 24.3 Å². The molecule has 1 aliphatic rings. The van der Waals surface area contributed by atoms with Gasteiger partial charge >= 0.3 is 0 Å². The van der Waals surface area contributed by atoms with E-state index in [9.17, 15) is 9.90 Å². The number of carbonyl (C=O) groups excluding carboxylic acids is 1. The van der Waals surface area contributed by atoms with E-state index < -0.39 is 0 Å². The Labute approximate surface area is 120 Å². The van der Waals surface area contributed by atoms with Gasteiger partial charge in [0.25, 0.3) is 0 Å². The van der Waals surface area contributed by atoms with Crippen LogP contribution < -0.4 is 5.32 Å². The van der Waals surface area contributed by atoms with Crippen LogP contribution in [0, 0.1) is 5.92 Å². The van der Waals surface area contributed by atoms with Crippen LogP contribution in [0.1, 0.15) is 18.0 Å². The highest BCUT2D eigenvalue weighted by atomic mass is 35.5. The number of aliphatic hydroxyl groups excluding tert-OH is 1. The molecule has 1 aliphatic heterocycles. The second kappa shape index (κ2) is 5.03. The van der Waals surface area contributed by atoms with Gasteiger partial charge in [-0.15, -0.1) is 0 Å². The molecule has 1 fully saturated rings. The Hall–Kier alpha value is -1.66. The monoisotopic (exact) mass is 294 g/mol. The molecule has 2 aromatic heterocycles. The molecule has 0 aliphatic carbocycles. The number of fused-ring (bicyclic) bond motifs is 1. The first kappa shape index (κ1) is 13.3. The summed E-state index contributed by atoms with van der Waals surface area (Å²) in [6, 6.07) is 1.70. The third kappa shape index (κ3) is 2.25. The van der Waals surface area contributed by atoms with Gasteiger partial charge in [0.05, 0.1) is 17.8 Å². The van der Waals surface area contributed by atoms with Crippen LogP contribution in [0.5, 0.6) is 0 Å². The summed E-state index contributed by atoms with van der Waals surface area (Å²) in [5, 5.41) is 18.1. The molecule has 2 atom stereocenters. The van der Waals surface area contributed by atoms with Gasteiger partial charge in [-0.25, -0.2) is 4.98 Å². The van der Waals surface area contributed by atoms with Gasteiger partial charge in [-0.2, -0.15) is 5.10 Å². The lowest BCUT2D eigenvalue weighted by molar-refractivity contribution is -0.119. The number of hydrogen-bond acceptors (Lipinski definition) is 4. The Morgan fingerprint density at radius 3 is 3.10 bits per heavy atom. The Morgan fingerprint density at radius 1 is 1.65 bits per heavy atom. The Kier molecular flexibility index (Phi) is 3.35. The number of halogens is 1. The number of aromatic nitrogens is 3. The first-order chi connectivity index (χ1) is 9.58. The molecule has 7 heteroatoms. The second-order valence-corrected chi connectivity index (χ2v) is 5.51. The third-order valence-electron chi connectivity index (χ3n) is 3.74. The van der Waals surface area contributed by atoms with Crippen LogP contribution >= 0.6 is 11.6 Å². The fourth-order valence-electron chi connectivity index (χ4n) is 2.78. The van der Waals surface area contributed by atoms with E-state index in [4.69, 9.17) is 11.6 Å². The highest BCUT2D eigenvalue weighted by Crippen LogP contribution is 2.33. The molecule has 0 spiro atoms. The average Bonchev–Trinajstić information content (AvgIpc) is 2.96. The van der Waals surface area contributed by atoms with Crippen molar-refractivity contribution in [1.82, 2.24) is 20.1 Å². The normalized spacial score (nSPS) is 20.4. The van der Waals surface area contributed by atoms with Crippen LogP contribution in [0.3, 0.4) is 0 Å². The van der Waals surface area contributed by atoms with E-state index in [1.807, 2.05) is 13.2 Å². The summed E-state index contributed by atoms with van der Waals surface area (Å²) >= 11 is 6.04. The number of aryl methyl sites for hydroxylation is 1. The maximum absolute atomic E-state index is 11.4. The minimum atomic E-state index is -0.223. The Morgan fingerprint density at radius 2 is 2.45 bits per heavy atom. The number of hydrogen-bond donors (Lipinski definition) is 2. The van der Waals surface area contributed by atoms with E-state index >= 15 is 0 Å². The predicted molar refractivity (Wildman–Crippen MR) is 74.5 cm³/mol. The average molecular weight is 295 g/mol. The van der Waals surface area contributed by atoms with E-state index in [0.717, 1.165) is 10.9 Å². The molecule has 0 radical (unpaired) electrons. The highest BCUT2D eigenvalue weighted by Gasteiger charge is 2.32. The molecule has 2 N–H and O–H groups in total. The van der Waals surface area contributed by atoms with E-state index in [2.05, 4.69) is 15.4 Å². The summed E-state index contributed by atoms with van der Waals surface area (Å²) in [4.78, 5) is 15.8. The molecule has 6 nitrogen and oxygen atoms in total. The number of nitrogens with one attached hydrogen (secondary N) is 1. The van der Waals surface area contributed by atoms with Gasteiger partial charge in [0, 0.05) is 43.6 Å². The maximum atomic E-state index is 11.4. The Bertz CT molecular complexity index is 670. The summed E-state index contributed by atoms with van der Waals surface area (Å²) < 4.78 is 1.69. The van der Waals surface area contributed by atoms with Gasteiger partial charge in [-0.1, -0.05) is 11.6 Å². The predicted octanol–water partition coefficient (Wildman–Crippen LogP) is 0.834. The van der Waals surface area contributed by atoms with Crippen LogP contribution in [-0.4, -0.2) is 38.9 Å². The molecule has 3 heterocycles. The molecule has 0 aromatic carbocycles. The van der Waals surface area contributed by atoms with Crippen molar-refractivity contribution in [3.05, 3.63) is 23.1 Å². The van der Waals surface area contributed by atoms with Gasteiger partial charge in [-0.3, -0.25) is 9.48 Å². The largest absolute Gasteiger partial charge is 0.396 e. The molecular formula is C13H15ClN4O2. The lowest BCUT2D eigenvalue weighted by atomic mass is 9.87. The lowest BCUT2D eigenvalue weighted by Gasteiger charge is -2.20. The smallest absolute Gasteiger partial charge is 0.220 e. The number of carbonyl (C=O) groups is 1. The van der Waals surface area contributed by atoms with Crippen LogP contribution in [0.15, 0.2) is 12.3 Å². The second-order valence-electron chi connectivity index (χ2n) is 5.12. The SMILES string of the molecule is Cn1cc2c([C@H](CO)[C@@H]3CNC(=O)C3)nc(Cl)cc2n1. The lowest BCUT2D eigenvalue weighted by Crippen LogP contribution is -2.21. The summed E-state index contributed by atoms with van der Waals surface area (Å²) in [6.45, 7) is 0.483. The van der Waals surface area contributed by atoms with Crippen LogP contribution in [-0.2, 0) is 11.8 Å². The zero-order valence-corrected chi connectivity index (χ0v) is 11.8.